The van der Waals surface area contributed by atoms with E-state index in [-0.39, 0.29) is 18.9 Å². The molecule has 0 bridgehead atoms. The average Bonchev–Trinajstić information content (AvgIpc) is 3.02. The van der Waals surface area contributed by atoms with Gasteiger partial charge in [-0.05, 0) is 31.5 Å². The lowest BCUT2D eigenvalue weighted by Crippen LogP contribution is -2.54. The monoisotopic (exact) mass is 408 g/mol. The molecule has 1 saturated heterocycles. The maximum Gasteiger partial charge on any atom is 0.411 e. The number of ether oxygens (including phenoxy) is 1. The topological polar surface area (TPSA) is 58.6 Å². The maximum absolute atomic E-state index is 12.9. The summed E-state index contributed by atoms with van der Waals surface area (Å²) in [7, 11) is 0. The number of alkyl halides is 3. The molecule has 2 heterocycles. The first-order valence-electron chi connectivity index (χ1n) is 7.89. The van der Waals surface area contributed by atoms with Gasteiger partial charge < -0.3 is 10.1 Å². The SMILES string of the molecule is CC(COCC(F)(F)F)NC(=O)C12CCC(=O)N1c1cc(Cl)ccc1S2. The Labute approximate surface area is 157 Å². The van der Waals surface area contributed by atoms with Crippen LogP contribution in [0.25, 0.3) is 0 Å². The van der Waals surface area contributed by atoms with Crippen LogP contribution >= 0.6 is 23.4 Å². The third-order valence-corrected chi connectivity index (χ3v) is 5.80. The zero-order valence-electron chi connectivity index (χ0n) is 13.7. The first-order chi connectivity index (χ1) is 12.1. The summed E-state index contributed by atoms with van der Waals surface area (Å²) in [6.07, 6.45) is -3.89. The Kier molecular flexibility index (Phi) is 5.15. The fraction of sp³-hybridized carbons (Fsp3) is 0.500. The van der Waals surface area contributed by atoms with Gasteiger partial charge >= 0.3 is 6.18 Å². The van der Waals surface area contributed by atoms with Crippen molar-refractivity contribution in [3.63, 3.8) is 0 Å². The fourth-order valence-electron chi connectivity index (χ4n) is 3.05. The van der Waals surface area contributed by atoms with E-state index in [0.717, 1.165) is 4.90 Å². The van der Waals surface area contributed by atoms with Crippen molar-refractivity contribution >= 4 is 40.9 Å². The highest BCUT2D eigenvalue weighted by Crippen LogP contribution is 2.56. The van der Waals surface area contributed by atoms with Crippen LogP contribution in [0.1, 0.15) is 19.8 Å². The highest BCUT2D eigenvalue weighted by Gasteiger charge is 2.57. The van der Waals surface area contributed by atoms with Crippen molar-refractivity contribution in [2.24, 2.45) is 0 Å². The summed E-state index contributed by atoms with van der Waals surface area (Å²) in [6, 6.07) is 4.43. The second-order valence-electron chi connectivity index (χ2n) is 6.23. The van der Waals surface area contributed by atoms with E-state index in [4.69, 9.17) is 11.6 Å². The van der Waals surface area contributed by atoms with Crippen molar-refractivity contribution in [1.29, 1.82) is 0 Å². The molecule has 1 aromatic rings. The van der Waals surface area contributed by atoms with E-state index in [1.807, 2.05) is 0 Å². The highest BCUT2D eigenvalue weighted by molar-refractivity contribution is 8.02. The molecule has 2 unspecified atom stereocenters. The first kappa shape index (κ1) is 19.3. The molecule has 10 heteroatoms. The normalized spacial score (nSPS) is 23.0. The molecule has 0 aromatic heterocycles. The molecule has 2 atom stereocenters. The lowest BCUT2D eigenvalue weighted by Gasteiger charge is -2.31. The number of amides is 2. The number of nitrogens with one attached hydrogen (secondary N) is 1. The van der Waals surface area contributed by atoms with Crippen LogP contribution in [0.4, 0.5) is 18.9 Å². The third kappa shape index (κ3) is 3.65. The van der Waals surface area contributed by atoms with Crippen LogP contribution in [-0.2, 0) is 14.3 Å². The summed E-state index contributed by atoms with van der Waals surface area (Å²) in [5.74, 6) is -0.613. The number of rotatable bonds is 5. The van der Waals surface area contributed by atoms with Crippen LogP contribution < -0.4 is 10.2 Å². The quantitative estimate of drug-likeness (QED) is 0.811. The van der Waals surface area contributed by atoms with E-state index in [1.54, 1.807) is 25.1 Å². The molecule has 1 aromatic carbocycles. The van der Waals surface area contributed by atoms with Gasteiger partial charge in [0, 0.05) is 22.4 Å². The van der Waals surface area contributed by atoms with Crippen LogP contribution in [0.2, 0.25) is 5.02 Å². The Bertz CT molecular complexity index is 746. The summed E-state index contributed by atoms with van der Waals surface area (Å²) in [6.45, 7) is -0.101. The Morgan fingerprint density at radius 2 is 2.23 bits per heavy atom. The minimum absolute atomic E-state index is 0.186. The van der Waals surface area contributed by atoms with Crippen LogP contribution in [0.5, 0.6) is 0 Å². The second kappa shape index (κ2) is 6.94. The summed E-state index contributed by atoms with van der Waals surface area (Å²) >= 11 is 7.27. The molecule has 0 saturated carbocycles. The summed E-state index contributed by atoms with van der Waals surface area (Å²) in [4.78, 5) is 26.3. The van der Waals surface area contributed by atoms with Crippen molar-refractivity contribution in [3.8, 4) is 0 Å². The number of fused-ring (bicyclic) bond motifs is 3. The second-order valence-corrected chi connectivity index (χ2v) is 7.99. The molecule has 5 nitrogen and oxygen atoms in total. The first-order valence-corrected chi connectivity index (χ1v) is 9.09. The van der Waals surface area contributed by atoms with E-state index in [1.165, 1.54) is 16.7 Å². The van der Waals surface area contributed by atoms with Crippen molar-refractivity contribution in [1.82, 2.24) is 5.32 Å². The van der Waals surface area contributed by atoms with Crippen molar-refractivity contribution < 1.29 is 27.5 Å². The third-order valence-electron chi connectivity index (χ3n) is 4.09. The zero-order valence-corrected chi connectivity index (χ0v) is 15.3. The van der Waals surface area contributed by atoms with E-state index in [0.29, 0.717) is 17.1 Å². The van der Waals surface area contributed by atoms with E-state index in [2.05, 4.69) is 10.1 Å². The van der Waals surface area contributed by atoms with Gasteiger partial charge in [-0.3, -0.25) is 14.5 Å². The molecular weight excluding hydrogens is 393 g/mol. The number of anilines is 1. The van der Waals surface area contributed by atoms with Gasteiger partial charge in [-0.1, -0.05) is 23.4 Å². The van der Waals surface area contributed by atoms with Crippen LogP contribution in [0.3, 0.4) is 0 Å². The molecule has 2 aliphatic rings. The lowest BCUT2D eigenvalue weighted by molar-refractivity contribution is -0.175. The fourth-order valence-corrected chi connectivity index (χ4v) is 4.62. The zero-order chi connectivity index (χ0) is 19.1. The predicted octanol–water partition coefficient (Wildman–Crippen LogP) is 3.35. The Balaban J connectivity index is 1.71. The molecule has 2 amide bonds. The van der Waals surface area contributed by atoms with E-state index >= 15 is 0 Å². The maximum atomic E-state index is 12.9. The van der Waals surface area contributed by atoms with Crippen LogP contribution in [0.15, 0.2) is 23.1 Å². The molecule has 1 fully saturated rings. The van der Waals surface area contributed by atoms with Crippen LogP contribution in [-0.4, -0.2) is 42.1 Å². The molecular formula is C16H16ClF3N2O3S. The number of carbonyl (C=O) groups excluding carboxylic acids is 2. The van der Waals surface area contributed by atoms with Gasteiger partial charge in [0.25, 0.3) is 5.91 Å². The number of nitrogens with zero attached hydrogens (tertiary/aromatic N) is 1. The van der Waals surface area contributed by atoms with E-state index < -0.39 is 29.6 Å². The number of halogens is 4. The predicted molar refractivity (Wildman–Crippen MR) is 91.2 cm³/mol. The van der Waals surface area contributed by atoms with Gasteiger partial charge in [-0.25, -0.2) is 0 Å². The van der Waals surface area contributed by atoms with E-state index in [9.17, 15) is 22.8 Å². The summed E-state index contributed by atoms with van der Waals surface area (Å²) in [5.41, 5.74) is 0.584. The minimum atomic E-state index is -4.42. The van der Waals surface area contributed by atoms with Gasteiger partial charge in [0.15, 0.2) is 4.87 Å². The Morgan fingerprint density at radius 1 is 1.50 bits per heavy atom. The van der Waals surface area contributed by atoms with Gasteiger partial charge in [0.1, 0.15) is 6.61 Å². The molecule has 1 N–H and O–H groups in total. The van der Waals surface area contributed by atoms with Crippen molar-refractivity contribution in [2.75, 3.05) is 18.1 Å². The molecule has 142 valence electrons. The molecule has 2 aliphatic heterocycles. The number of carbonyl (C=O) groups is 2. The van der Waals surface area contributed by atoms with Gasteiger partial charge in [0.2, 0.25) is 5.91 Å². The molecule has 26 heavy (non-hydrogen) atoms. The summed E-state index contributed by atoms with van der Waals surface area (Å²) < 4.78 is 41.0. The Hall–Kier alpha value is -1.45. The molecule has 3 rings (SSSR count). The van der Waals surface area contributed by atoms with Crippen molar-refractivity contribution in [2.45, 2.75) is 41.7 Å². The number of hydrogen-bond donors (Lipinski definition) is 1. The largest absolute Gasteiger partial charge is 0.411 e. The molecule has 0 radical (unpaired) electrons. The minimum Gasteiger partial charge on any atom is -0.370 e. The summed E-state index contributed by atoms with van der Waals surface area (Å²) in [5, 5.41) is 3.11. The lowest BCUT2D eigenvalue weighted by atomic mass is 10.1. The van der Waals surface area contributed by atoms with Gasteiger partial charge in [-0.15, -0.1) is 0 Å². The van der Waals surface area contributed by atoms with Gasteiger partial charge in [0.05, 0.1) is 12.3 Å². The number of thioether (sulfide) groups is 1. The van der Waals surface area contributed by atoms with Gasteiger partial charge in [-0.2, -0.15) is 13.2 Å². The van der Waals surface area contributed by atoms with Crippen molar-refractivity contribution in [3.05, 3.63) is 23.2 Å². The number of hydrogen-bond acceptors (Lipinski definition) is 4. The molecule has 0 aliphatic carbocycles. The average molecular weight is 409 g/mol. The smallest absolute Gasteiger partial charge is 0.370 e. The Morgan fingerprint density at radius 3 is 2.92 bits per heavy atom. The highest BCUT2D eigenvalue weighted by atomic mass is 35.5. The standard InChI is InChI=1S/C16H16ClF3N2O3S/c1-9(7-25-8-16(18,19)20)21-14(24)15-5-4-13(23)22(15)11-6-10(17)2-3-12(11)26-15/h2-3,6,9H,4-5,7-8H2,1H3,(H,21,24). The van der Waals surface area contributed by atoms with Crippen LogP contribution in [0, 0.1) is 0 Å². The molecule has 0 spiro atoms. The number of benzene rings is 1.